The lowest BCUT2D eigenvalue weighted by Gasteiger charge is -2.21. The van der Waals surface area contributed by atoms with Crippen molar-refractivity contribution in [2.24, 2.45) is 0 Å². The van der Waals surface area contributed by atoms with Crippen LogP contribution in [-0.4, -0.2) is 55.5 Å². The second-order valence-corrected chi connectivity index (χ2v) is 3.77. The van der Waals surface area contributed by atoms with Crippen LogP contribution >= 0.6 is 0 Å². The Morgan fingerprint density at radius 2 is 1.82 bits per heavy atom. The molecule has 1 N–H and O–H groups in total. The van der Waals surface area contributed by atoms with E-state index >= 15 is 0 Å². The maximum absolute atomic E-state index is 9.16. The molecule has 1 heterocycles. The Kier molecular flexibility index (Phi) is 6.54. The number of nitrogens with zero attached hydrogens (tertiary/aromatic N) is 2. The quantitative estimate of drug-likeness (QED) is 0.731. The average Bonchev–Trinajstić information content (AvgIpc) is 2.35. The third kappa shape index (κ3) is 5.63. The average molecular weight is 240 g/mol. The van der Waals surface area contributed by atoms with Crippen LogP contribution < -0.4 is 0 Å². The van der Waals surface area contributed by atoms with Gasteiger partial charge in [-0.3, -0.25) is 9.88 Å². The highest BCUT2D eigenvalue weighted by atomic mass is 16.5. The smallest absolute Gasteiger partial charge is 0.133 e. The summed E-state index contributed by atoms with van der Waals surface area (Å²) < 4.78 is 10.1. The van der Waals surface area contributed by atoms with Gasteiger partial charge < -0.3 is 14.6 Å². The standard InChI is InChI=1S/C12H20N2O3/c1-16-7-5-14(6-8-17-2)10-11-3-4-12(15)9-13-11/h3-4,9,15H,5-8,10H2,1-2H3. The van der Waals surface area contributed by atoms with E-state index < -0.39 is 0 Å². The first-order valence-corrected chi connectivity index (χ1v) is 5.60. The van der Waals surface area contributed by atoms with Gasteiger partial charge in [0.15, 0.2) is 0 Å². The molecule has 1 aromatic rings. The highest BCUT2D eigenvalue weighted by Gasteiger charge is 2.06. The Balaban J connectivity index is 2.48. The Hall–Kier alpha value is -1.17. The van der Waals surface area contributed by atoms with Crippen LogP contribution in [0.5, 0.6) is 5.75 Å². The van der Waals surface area contributed by atoms with Crippen molar-refractivity contribution in [3.8, 4) is 5.75 Å². The zero-order valence-corrected chi connectivity index (χ0v) is 10.4. The van der Waals surface area contributed by atoms with Gasteiger partial charge in [-0.1, -0.05) is 0 Å². The molecule has 0 saturated heterocycles. The van der Waals surface area contributed by atoms with E-state index in [4.69, 9.17) is 14.6 Å². The summed E-state index contributed by atoms with van der Waals surface area (Å²) in [7, 11) is 3.38. The summed E-state index contributed by atoms with van der Waals surface area (Å²) in [6, 6.07) is 3.47. The van der Waals surface area contributed by atoms with Gasteiger partial charge in [0.1, 0.15) is 5.75 Å². The van der Waals surface area contributed by atoms with Gasteiger partial charge in [0.25, 0.3) is 0 Å². The largest absolute Gasteiger partial charge is 0.506 e. The summed E-state index contributed by atoms with van der Waals surface area (Å²) in [5, 5.41) is 9.16. The van der Waals surface area contributed by atoms with E-state index in [9.17, 15) is 0 Å². The van der Waals surface area contributed by atoms with Crippen molar-refractivity contribution in [2.45, 2.75) is 6.54 Å². The van der Waals surface area contributed by atoms with Crippen LogP contribution in [0.1, 0.15) is 5.69 Å². The van der Waals surface area contributed by atoms with E-state index in [1.54, 1.807) is 20.3 Å². The molecule has 5 heteroatoms. The molecule has 0 atom stereocenters. The Morgan fingerprint density at radius 1 is 1.18 bits per heavy atom. The van der Waals surface area contributed by atoms with Crippen molar-refractivity contribution >= 4 is 0 Å². The molecule has 0 saturated carbocycles. The third-order valence-electron chi connectivity index (χ3n) is 2.42. The molecule has 0 aliphatic carbocycles. The van der Waals surface area contributed by atoms with Gasteiger partial charge in [-0.15, -0.1) is 0 Å². The van der Waals surface area contributed by atoms with Gasteiger partial charge in [-0.2, -0.15) is 0 Å². The van der Waals surface area contributed by atoms with Crippen molar-refractivity contribution in [1.82, 2.24) is 9.88 Å². The van der Waals surface area contributed by atoms with Crippen LogP contribution in [0.3, 0.4) is 0 Å². The van der Waals surface area contributed by atoms with E-state index in [0.717, 1.165) is 25.3 Å². The topological polar surface area (TPSA) is 54.8 Å². The van der Waals surface area contributed by atoms with Crippen LogP contribution in [0.15, 0.2) is 18.3 Å². The number of hydrogen-bond donors (Lipinski definition) is 1. The molecular weight excluding hydrogens is 220 g/mol. The van der Waals surface area contributed by atoms with Crippen molar-refractivity contribution in [3.05, 3.63) is 24.0 Å². The fourth-order valence-corrected chi connectivity index (χ4v) is 1.45. The molecular formula is C12H20N2O3. The maximum atomic E-state index is 9.16. The molecule has 0 bridgehead atoms. The first-order chi connectivity index (χ1) is 8.26. The third-order valence-corrected chi connectivity index (χ3v) is 2.42. The minimum Gasteiger partial charge on any atom is -0.506 e. The van der Waals surface area contributed by atoms with Crippen LogP contribution in [-0.2, 0) is 16.0 Å². The summed E-state index contributed by atoms with van der Waals surface area (Å²) in [6.07, 6.45) is 1.46. The zero-order valence-electron chi connectivity index (χ0n) is 10.4. The molecule has 0 aromatic carbocycles. The van der Waals surface area contributed by atoms with Crippen LogP contribution in [0.25, 0.3) is 0 Å². The summed E-state index contributed by atoms with van der Waals surface area (Å²) in [5.41, 5.74) is 0.926. The lowest BCUT2D eigenvalue weighted by atomic mass is 10.3. The molecule has 0 aliphatic rings. The Bertz CT molecular complexity index is 295. The van der Waals surface area contributed by atoms with Crippen molar-refractivity contribution in [1.29, 1.82) is 0 Å². The van der Waals surface area contributed by atoms with Crippen LogP contribution in [0.2, 0.25) is 0 Å². The van der Waals surface area contributed by atoms with Gasteiger partial charge in [0, 0.05) is 33.9 Å². The molecule has 0 fully saturated rings. The van der Waals surface area contributed by atoms with Gasteiger partial charge >= 0.3 is 0 Å². The number of aromatic hydroxyl groups is 1. The predicted molar refractivity (Wildman–Crippen MR) is 64.9 cm³/mol. The molecule has 0 amide bonds. The normalized spacial score (nSPS) is 11.0. The minimum absolute atomic E-state index is 0.189. The maximum Gasteiger partial charge on any atom is 0.133 e. The fourth-order valence-electron chi connectivity index (χ4n) is 1.45. The lowest BCUT2D eigenvalue weighted by Crippen LogP contribution is -2.30. The van der Waals surface area contributed by atoms with Crippen molar-refractivity contribution in [3.63, 3.8) is 0 Å². The van der Waals surface area contributed by atoms with Crippen molar-refractivity contribution < 1.29 is 14.6 Å². The zero-order chi connectivity index (χ0) is 12.5. The number of pyridine rings is 1. The number of rotatable bonds is 8. The van der Waals surface area contributed by atoms with Crippen molar-refractivity contribution in [2.75, 3.05) is 40.5 Å². The van der Waals surface area contributed by atoms with E-state index in [1.807, 2.05) is 6.07 Å². The molecule has 0 aliphatic heterocycles. The summed E-state index contributed by atoms with van der Waals surface area (Å²) in [5.74, 6) is 0.189. The molecule has 1 rings (SSSR count). The van der Waals surface area contributed by atoms with E-state index in [0.29, 0.717) is 13.2 Å². The van der Waals surface area contributed by atoms with Crippen LogP contribution in [0.4, 0.5) is 0 Å². The fraction of sp³-hybridized carbons (Fsp3) is 0.583. The predicted octanol–water partition coefficient (Wildman–Crippen LogP) is 0.882. The van der Waals surface area contributed by atoms with Crippen LogP contribution in [0, 0.1) is 0 Å². The second kappa shape index (κ2) is 8.00. The Morgan fingerprint density at radius 3 is 2.29 bits per heavy atom. The lowest BCUT2D eigenvalue weighted by molar-refractivity contribution is 0.109. The van der Waals surface area contributed by atoms with Gasteiger partial charge in [-0.05, 0) is 12.1 Å². The molecule has 1 aromatic heterocycles. The molecule has 0 spiro atoms. The molecule has 0 unspecified atom stereocenters. The Labute approximate surface area is 102 Å². The summed E-state index contributed by atoms with van der Waals surface area (Å²) in [6.45, 7) is 3.77. The molecule has 5 nitrogen and oxygen atoms in total. The summed E-state index contributed by atoms with van der Waals surface area (Å²) in [4.78, 5) is 6.36. The highest BCUT2D eigenvalue weighted by molar-refractivity contribution is 5.17. The molecule has 96 valence electrons. The molecule has 0 radical (unpaired) electrons. The van der Waals surface area contributed by atoms with E-state index in [2.05, 4.69) is 9.88 Å². The number of ether oxygens (including phenoxy) is 2. The first kappa shape index (κ1) is 13.9. The molecule has 17 heavy (non-hydrogen) atoms. The van der Waals surface area contributed by atoms with E-state index in [-0.39, 0.29) is 5.75 Å². The number of aromatic nitrogens is 1. The summed E-state index contributed by atoms with van der Waals surface area (Å²) >= 11 is 0. The van der Waals surface area contributed by atoms with E-state index in [1.165, 1.54) is 6.20 Å². The number of methoxy groups -OCH3 is 2. The first-order valence-electron chi connectivity index (χ1n) is 5.60. The second-order valence-electron chi connectivity index (χ2n) is 3.77. The number of hydrogen-bond acceptors (Lipinski definition) is 5. The van der Waals surface area contributed by atoms with Gasteiger partial charge in [0.2, 0.25) is 0 Å². The minimum atomic E-state index is 0.189. The highest BCUT2D eigenvalue weighted by Crippen LogP contribution is 2.08. The van der Waals surface area contributed by atoms with Gasteiger partial charge in [-0.25, -0.2) is 0 Å². The SMILES string of the molecule is COCCN(CCOC)Cc1ccc(O)cn1. The monoisotopic (exact) mass is 240 g/mol. The van der Waals surface area contributed by atoms with Gasteiger partial charge in [0.05, 0.1) is 25.1 Å².